The van der Waals surface area contributed by atoms with E-state index in [1.807, 2.05) is 30.3 Å². The van der Waals surface area contributed by atoms with Crippen LogP contribution in [0, 0.1) is 6.92 Å². The summed E-state index contributed by atoms with van der Waals surface area (Å²) in [5.41, 5.74) is 0.737. The Hall–Kier alpha value is -1.95. The van der Waals surface area contributed by atoms with Crippen LogP contribution in [0.2, 0.25) is 0 Å². The van der Waals surface area contributed by atoms with Gasteiger partial charge in [-0.05, 0) is 19.1 Å². The van der Waals surface area contributed by atoms with Crippen molar-refractivity contribution >= 4 is 28.4 Å². The minimum atomic E-state index is -0.317. The van der Waals surface area contributed by atoms with Crippen molar-refractivity contribution in [1.29, 1.82) is 0 Å². The average Bonchev–Trinajstić information content (AvgIpc) is 2.65. The number of anilines is 2. The van der Waals surface area contributed by atoms with Gasteiger partial charge >= 0.3 is 6.03 Å². The summed E-state index contributed by atoms with van der Waals surface area (Å²) >= 11 is 1.16. The van der Waals surface area contributed by atoms with Crippen LogP contribution in [0.4, 0.5) is 15.6 Å². The third-order valence-electron chi connectivity index (χ3n) is 1.78. The second-order valence-corrected chi connectivity index (χ2v) is 3.84. The van der Waals surface area contributed by atoms with Gasteiger partial charge in [0.15, 0.2) is 0 Å². The number of aryl methyl sites for hydroxylation is 1. The van der Waals surface area contributed by atoms with Crippen LogP contribution in [0.1, 0.15) is 5.82 Å². The Bertz CT molecular complexity index is 483. The SMILES string of the molecule is Cc1nsc(NC(=O)Nc2ccccc2)n1. The van der Waals surface area contributed by atoms with Crippen LogP contribution >= 0.6 is 11.5 Å². The van der Waals surface area contributed by atoms with Crippen molar-refractivity contribution < 1.29 is 4.79 Å². The van der Waals surface area contributed by atoms with Crippen molar-refractivity contribution in [2.24, 2.45) is 0 Å². The maximum Gasteiger partial charge on any atom is 0.325 e. The molecule has 0 saturated heterocycles. The Morgan fingerprint density at radius 2 is 2.00 bits per heavy atom. The van der Waals surface area contributed by atoms with E-state index in [1.54, 1.807) is 6.92 Å². The molecule has 0 fully saturated rings. The first-order chi connectivity index (χ1) is 7.74. The summed E-state index contributed by atoms with van der Waals surface area (Å²) in [4.78, 5) is 15.5. The fraction of sp³-hybridized carbons (Fsp3) is 0.100. The average molecular weight is 234 g/mol. The number of carbonyl (C=O) groups is 1. The molecule has 2 aromatic rings. The number of nitrogens with zero attached hydrogens (tertiary/aromatic N) is 2. The molecule has 2 N–H and O–H groups in total. The summed E-state index contributed by atoms with van der Waals surface area (Å²) in [6.45, 7) is 1.77. The Kier molecular flexibility index (Phi) is 3.11. The second kappa shape index (κ2) is 4.71. The molecule has 16 heavy (non-hydrogen) atoms. The standard InChI is InChI=1S/C10H10N4OS/c1-7-11-10(16-14-7)13-9(15)12-8-5-3-2-4-6-8/h2-6H,1H3,(H2,11,12,13,14,15). The van der Waals surface area contributed by atoms with E-state index < -0.39 is 0 Å². The number of carbonyl (C=O) groups excluding carboxylic acids is 1. The molecule has 82 valence electrons. The van der Waals surface area contributed by atoms with Crippen LogP contribution in [-0.2, 0) is 0 Å². The summed E-state index contributed by atoms with van der Waals surface area (Å²) in [5, 5.41) is 5.79. The van der Waals surface area contributed by atoms with E-state index in [4.69, 9.17) is 0 Å². The zero-order valence-electron chi connectivity index (χ0n) is 8.60. The third-order valence-corrected chi connectivity index (χ3v) is 2.50. The van der Waals surface area contributed by atoms with E-state index in [0.717, 1.165) is 17.2 Å². The van der Waals surface area contributed by atoms with Crippen molar-refractivity contribution in [1.82, 2.24) is 9.36 Å². The second-order valence-electron chi connectivity index (χ2n) is 3.09. The summed E-state index contributed by atoms with van der Waals surface area (Å²) in [6.07, 6.45) is 0. The van der Waals surface area contributed by atoms with Gasteiger partial charge in [-0.1, -0.05) is 18.2 Å². The van der Waals surface area contributed by atoms with Crippen molar-refractivity contribution in [3.8, 4) is 0 Å². The highest BCUT2D eigenvalue weighted by molar-refractivity contribution is 7.09. The van der Waals surface area contributed by atoms with E-state index >= 15 is 0 Å². The summed E-state index contributed by atoms with van der Waals surface area (Å²) in [6, 6.07) is 8.89. The number of nitrogens with one attached hydrogen (secondary N) is 2. The lowest BCUT2D eigenvalue weighted by Gasteiger charge is -2.03. The monoisotopic (exact) mass is 234 g/mol. The molecule has 0 aliphatic rings. The maximum absolute atomic E-state index is 11.5. The molecular weight excluding hydrogens is 224 g/mol. The number of urea groups is 1. The predicted molar refractivity (Wildman–Crippen MR) is 63.7 cm³/mol. The Balaban J connectivity index is 1.95. The van der Waals surface area contributed by atoms with E-state index in [9.17, 15) is 4.79 Å². The first kappa shape index (κ1) is 10.6. The van der Waals surface area contributed by atoms with Crippen LogP contribution in [0.3, 0.4) is 0 Å². The molecule has 0 aliphatic heterocycles. The van der Waals surface area contributed by atoms with Gasteiger partial charge in [0.1, 0.15) is 5.82 Å². The van der Waals surface area contributed by atoms with Crippen LogP contribution in [0.5, 0.6) is 0 Å². The molecule has 0 radical (unpaired) electrons. The number of aromatic nitrogens is 2. The Labute approximate surface area is 96.7 Å². The highest BCUT2D eigenvalue weighted by atomic mass is 32.1. The minimum Gasteiger partial charge on any atom is -0.308 e. The topological polar surface area (TPSA) is 66.9 Å². The first-order valence-electron chi connectivity index (χ1n) is 4.67. The van der Waals surface area contributed by atoms with E-state index in [1.165, 1.54) is 0 Å². The molecule has 2 rings (SSSR count). The van der Waals surface area contributed by atoms with Gasteiger partial charge in [0.05, 0.1) is 0 Å². The highest BCUT2D eigenvalue weighted by Gasteiger charge is 2.05. The quantitative estimate of drug-likeness (QED) is 0.838. The summed E-state index contributed by atoms with van der Waals surface area (Å²) in [5.74, 6) is 0.653. The zero-order chi connectivity index (χ0) is 11.4. The Morgan fingerprint density at radius 3 is 2.62 bits per heavy atom. The van der Waals surface area contributed by atoms with E-state index in [-0.39, 0.29) is 6.03 Å². The number of rotatable bonds is 2. The molecular formula is C10H10N4OS. The van der Waals surface area contributed by atoms with Gasteiger partial charge in [0.25, 0.3) is 0 Å². The molecule has 1 aromatic heterocycles. The van der Waals surface area contributed by atoms with Crippen LogP contribution < -0.4 is 10.6 Å². The number of hydrogen-bond acceptors (Lipinski definition) is 4. The highest BCUT2D eigenvalue weighted by Crippen LogP contribution is 2.11. The first-order valence-corrected chi connectivity index (χ1v) is 5.45. The van der Waals surface area contributed by atoms with Crippen molar-refractivity contribution in [2.45, 2.75) is 6.92 Å². The fourth-order valence-corrected chi connectivity index (χ4v) is 1.70. The van der Waals surface area contributed by atoms with Crippen molar-refractivity contribution in [2.75, 3.05) is 10.6 Å². The molecule has 0 saturated carbocycles. The molecule has 5 nitrogen and oxygen atoms in total. The van der Waals surface area contributed by atoms with Gasteiger partial charge in [-0.2, -0.15) is 4.37 Å². The lowest BCUT2D eigenvalue weighted by atomic mass is 10.3. The molecule has 6 heteroatoms. The van der Waals surface area contributed by atoms with E-state index in [0.29, 0.717) is 11.0 Å². The molecule has 2 amide bonds. The van der Waals surface area contributed by atoms with E-state index in [2.05, 4.69) is 20.0 Å². The van der Waals surface area contributed by atoms with Gasteiger partial charge in [-0.25, -0.2) is 9.78 Å². The van der Waals surface area contributed by atoms with Gasteiger partial charge < -0.3 is 5.32 Å². The normalized spacial score (nSPS) is 9.81. The minimum absolute atomic E-state index is 0.317. The summed E-state index contributed by atoms with van der Waals surface area (Å²) in [7, 11) is 0. The summed E-state index contributed by atoms with van der Waals surface area (Å²) < 4.78 is 3.96. The molecule has 1 aromatic carbocycles. The number of para-hydroxylation sites is 1. The molecule has 0 spiro atoms. The number of hydrogen-bond donors (Lipinski definition) is 2. The van der Waals surface area contributed by atoms with Crippen LogP contribution in [0.15, 0.2) is 30.3 Å². The lowest BCUT2D eigenvalue weighted by Crippen LogP contribution is -2.19. The largest absolute Gasteiger partial charge is 0.325 e. The molecule has 0 atom stereocenters. The van der Waals surface area contributed by atoms with Crippen LogP contribution in [0.25, 0.3) is 0 Å². The smallest absolute Gasteiger partial charge is 0.308 e. The Morgan fingerprint density at radius 1 is 1.25 bits per heavy atom. The van der Waals surface area contributed by atoms with Gasteiger partial charge in [0, 0.05) is 17.2 Å². The van der Waals surface area contributed by atoms with Crippen LogP contribution in [-0.4, -0.2) is 15.4 Å². The fourth-order valence-electron chi connectivity index (χ4n) is 1.13. The molecule has 0 bridgehead atoms. The lowest BCUT2D eigenvalue weighted by molar-refractivity contribution is 0.262. The number of benzene rings is 1. The van der Waals surface area contributed by atoms with Gasteiger partial charge in [0.2, 0.25) is 5.13 Å². The number of amides is 2. The van der Waals surface area contributed by atoms with Crippen molar-refractivity contribution in [3.63, 3.8) is 0 Å². The van der Waals surface area contributed by atoms with Gasteiger partial charge in [-0.3, -0.25) is 5.32 Å². The van der Waals surface area contributed by atoms with Gasteiger partial charge in [-0.15, -0.1) is 0 Å². The molecule has 1 heterocycles. The zero-order valence-corrected chi connectivity index (χ0v) is 9.41. The maximum atomic E-state index is 11.5. The van der Waals surface area contributed by atoms with Crippen molar-refractivity contribution in [3.05, 3.63) is 36.2 Å². The molecule has 0 aliphatic carbocycles. The molecule has 0 unspecified atom stereocenters. The third kappa shape index (κ3) is 2.77. The predicted octanol–water partition coefficient (Wildman–Crippen LogP) is 2.49.